The van der Waals surface area contributed by atoms with E-state index < -0.39 is 0 Å². The summed E-state index contributed by atoms with van der Waals surface area (Å²) in [5.74, 6) is 0.439. The van der Waals surface area contributed by atoms with Crippen LogP contribution >= 0.6 is 0 Å². The molecule has 62 valence electrons. The van der Waals surface area contributed by atoms with Gasteiger partial charge in [-0.1, -0.05) is 12.2 Å². The van der Waals surface area contributed by atoms with Crippen LogP contribution in [0.5, 0.6) is 0 Å². The first-order valence-electron chi connectivity index (χ1n) is 4.43. The van der Waals surface area contributed by atoms with E-state index in [9.17, 15) is 0 Å². The molecule has 1 fully saturated rings. The SMILES string of the molecule is N#CC1=CC=CC2NCCCC12. The normalized spacial score (nSPS) is 33.4. The molecule has 0 radical (unpaired) electrons. The molecule has 0 aromatic rings. The monoisotopic (exact) mass is 160 g/mol. The smallest absolute Gasteiger partial charge is 0.0950 e. The summed E-state index contributed by atoms with van der Waals surface area (Å²) in [6.45, 7) is 1.09. The molecule has 1 heterocycles. The maximum Gasteiger partial charge on any atom is 0.0950 e. The molecule has 2 nitrogen and oxygen atoms in total. The minimum Gasteiger partial charge on any atom is -0.310 e. The Kier molecular flexibility index (Phi) is 1.97. The second-order valence-corrected chi connectivity index (χ2v) is 3.35. The Morgan fingerprint density at radius 2 is 2.50 bits per heavy atom. The molecule has 2 aliphatic rings. The number of allylic oxidation sites excluding steroid dienone is 2. The van der Waals surface area contributed by atoms with Crippen LogP contribution in [0.15, 0.2) is 23.8 Å². The standard InChI is InChI=1S/C10H12N2/c11-7-8-3-1-5-10-9(8)4-2-6-12-10/h1,3,5,9-10,12H,2,4,6H2. The van der Waals surface area contributed by atoms with Crippen molar-refractivity contribution in [1.29, 1.82) is 5.26 Å². The topological polar surface area (TPSA) is 35.8 Å². The molecule has 2 heteroatoms. The van der Waals surface area contributed by atoms with Gasteiger partial charge in [-0.05, 0) is 25.5 Å². The molecular weight excluding hydrogens is 148 g/mol. The Morgan fingerprint density at radius 1 is 1.58 bits per heavy atom. The second kappa shape index (κ2) is 3.12. The molecule has 2 unspecified atom stereocenters. The zero-order valence-corrected chi connectivity index (χ0v) is 6.96. The highest BCUT2D eigenvalue weighted by atomic mass is 14.9. The van der Waals surface area contributed by atoms with Crippen molar-refractivity contribution in [2.75, 3.05) is 6.54 Å². The lowest BCUT2D eigenvalue weighted by Crippen LogP contribution is -2.41. The fourth-order valence-electron chi connectivity index (χ4n) is 1.99. The van der Waals surface area contributed by atoms with Gasteiger partial charge >= 0.3 is 0 Å². The van der Waals surface area contributed by atoms with Crippen LogP contribution in [0.2, 0.25) is 0 Å². The average Bonchev–Trinajstić information content (AvgIpc) is 2.17. The third-order valence-electron chi connectivity index (χ3n) is 2.63. The summed E-state index contributed by atoms with van der Waals surface area (Å²) in [7, 11) is 0. The van der Waals surface area contributed by atoms with E-state index in [0.29, 0.717) is 12.0 Å². The molecule has 1 aliphatic carbocycles. The van der Waals surface area contributed by atoms with Gasteiger partial charge in [0.15, 0.2) is 0 Å². The first kappa shape index (κ1) is 7.57. The Bertz CT molecular complexity index is 270. The van der Waals surface area contributed by atoms with Crippen LogP contribution in [0, 0.1) is 17.2 Å². The minimum absolute atomic E-state index is 0.415. The lowest BCUT2D eigenvalue weighted by atomic mass is 9.82. The first-order valence-corrected chi connectivity index (χ1v) is 4.43. The number of hydrogen-bond donors (Lipinski definition) is 1. The first-order chi connectivity index (χ1) is 5.92. The van der Waals surface area contributed by atoms with Gasteiger partial charge in [0.2, 0.25) is 0 Å². The Morgan fingerprint density at radius 3 is 3.33 bits per heavy atom. The predicted octanol–water partition coefficient (Wildman–Crippen LogP) is 1.37. The molecule has 1 aliphatic heterocycles. The summed E-state index contributed by atoms with van der Waals surface area (Å²) in [4.78, 5) is 0. The van der Waals surface area contributed by atoms with E-state index in [2.05, 4.69) is 17.5 Å². The Hall–Kier alpha value is -1.07. The highest BCUT2D eigenvalue weighted by Gasteiger charge is 2.27. The second-order valence-electron chi connectivity index (χ2n) is 3.35. The summed E-state index contributed by atoms with van der Waals surface area (Å²) in [5.41, 5.74) is 0.940. The van der Waals surface area contributed by atoms with Crippen LogP contribution in [-0.2, 0) is 0 Å². The maximum absolute atomic E-state index is 8.85. The average molecular weight is 160 g/mol. The molecule has 2 atom stereocenters. The van der Waals surface area contributed by atoms with Gasteiger partial charge in [-0.25, -0.2) is 0 Å². The van der Waals surface area contributed by atoms with Crippen LogP contribution < -0.4 is 5.32 Å². The minimum atomic E-state index is 0.415. The highest BCUT2D eigenvalue weighted by Crippen LogP contribution is 2.27. The quantitative estimate of drug-likeness (QED) is 0.581. The number of hydrogen-bond acceptors (Lipinski definition) is 2. The highest BCUT2D eigenvalue weighted by molar-refractivity contribution is 5.35. The third-order valence-corrected chi connectivity index (χ3v) is 2.63. The van der Waals surface area contributed by atoms with Gasteiger partial charge in [0.05, 0.1) is 6.07 Å². The third kappa shape index (κ3) is 1.17. The van der Waals surface area contributed by atoms with Crippen molar-refractivity contribution >= 4 is 0 Å². The van der Waals surface area contributed by atoms with Gasteiger partial charge in [0.1, 0.15) is 0 Å². The largest absolute Gasteiger partial charge is 0.310 e. The van der Waals surface area contributed by atoms with Crippen LogP contribution in [0.4, 0.5) is 0 Å². The van der Waals surface area contributed by atoms with E-state index in [0.717, 1.165) is 18.5 Å². The van der Waals surface area contributed by atoms with Gasteiger partial charge < -0.3 is 5.32 Å². The van der Waals surface area contributed by atoms with Crippen molar-refractivity contribution in [2.24, 2.45) is 5.92 Å². The molecular formula is C10H12N2. The fraction of sp³-hybridized carbons (Fsp3) is 0.500. The summed E-state index contributed by atoms with van der Waals surface area (Å²) in [5, 5.41) is 12.3. The van der Waals surface area contributed by atoms with Crippen LogP contribution in [0.1, 0.15) is 12.8 Å². The molecule has 0 amide bonds. The number of fused-ring (bicyclic) bond motifs is 1. The van der Waals surface area contributed by atoms with E-state index >= 15 is 0 Å². The molecule has 0 aromatic heterocycles. The molecule has 0 spiro atoms. The summed E-state index contributed by atoms with van der Waals surface area (Å²) in [6, 6.07) is 2.69. The van der Waals surface area contributed by atoms with Crippen molar-refractivity contribution in [1.82, 2.24) is 5.32 Å². The van der Waals surface area contributed by atoms with Crippen molar-refractivity contribution in [3.63, 3.8) is 0 Å². The zero-order valence-electron chi connectivity index (χ0n) is 6.96. The molecule has 2 rings (SSSR count). The molecule has 0 bridgehead atoms. The Balaban J connectivity index is 2.21. The van der Waals surface area contributed by atoms with E-state index in [1.54, 1.807) is 0 Å². The number of nitrogens with one attached hydrogen (secondary N) is 1. The maximum atomic E-state index is 8.85. The van der Waals surface area contributed by atoms with Gasteiger partial charge in [-0.15, -0.1) is 0 Å². The van der Waals surface area contributed by atoms with Crippen LogP contribution in [0.3, 0.4) is 0 Å². The van der Waals surface area contributed by atoms with Crippen molar-refractivity contribution in [3.8, 4) is 6.07 Å². The van der Waals surface area contributed by atoms with Gasteiger partial charge in [-0.2, -0.15) is 5.26 Å². The van der Waals surface area contributed by atoms with Crippen LogP contribution in [0.25, 0.3) is 0 Å². The van der Waals surface area contributed by atoms with Crippen molar-refractivity contribution in [3.05, 3.63) is 23.8 Å². The summed E-state index contributed by atoms with van der Waals surface area (Å²) >= 11 is 0. The molecule has 1 N–H and O–H groups in total. The van der Waals surface area contributed by atoms with E-state index in [1.807, 2.05) is 12.2 Å². The molecule has 1 saturated heterocycles. The van der Waals surface area contributed by atoms with Crippen molar-refractivity contribution in [2.45, 2.75) is 18.9 Å². The Labute approximate surface area is 72.6 Å². The van der Waals surface area contributed by atoms with Gasteiger partial charge in [0, 0.05) is 17.5 Å². The fourth-order valence-corrected chi connectivity index (χ4v) is 1.99. The molecule has 0 saturated carbocycles. The lowest BCUT2D eigenvalue weighted by Gasteiger charge is -2.31. The zero-order chi connectivity index (χ0) is 8.39. The molecule has 0 aromatic carbocycles. The number of nitriles is 1. The summed E-state index contributed by atoms with van der Waals surface area (Å²) < 4.78 is 0. The van der Waals surface area contributed by atoms with E-state index in [1.165, 1.54) is 6.42 Å². The van der Waals surface area contributed by atoms with E-state index in [-0.39, 0.29) is 0 Å². The van der Waals surface area contributed by atoms with Crippen molar-refractivity contribution < 1.29 is 0 Å². The van der Waals surface area contributed by atoms with Crippen LogP contribution in [-0.4, -0.2) is 12.6 Å². The summed E-state index contributed by atoms with van der Waals surface area (Å²) in [6.07, 6.45) is 8.42. The predicted molar refractivity (Wildman–Crippen MR) is 47.4 cm³/mol. The number of rotatable bonds is 0. The lowest BCUT2D eigenvalue weighted by molar-refractivity contribution is 0.363. The number of nitrogens with zero attached hydrogens (tertiary/aromatic N) is 1. The van der Waals surface area contributed by atoms with Gasteiger partial charge in [0.25, 0.3) is 0 Å². The number of piperidine rings is 1. The van der Waals surface area contributed by atoms with Gasteiger partial charge in [-0.3, -0.25) is 0 Å². The molecule has 12 heavy (non-hydrogen) atoms. The van der Waals surface area contributed by atoms with E-state index in [4.69, 9.17) is 5.26 Å².